The quantitative estimate of drug-likeness (QED) is 0.176. The fourth-order valence-corrected chi connectivity index (χ4v) is 4.80. The lowest BCUT2D eigenvalue weighted by atomic mass is 9.99. The second-order valence-corrected chi connectivity index (χ2v) is 10.3. The summed E-state index contributed by atoms with van der Waals surface area (Å²) in [6.45, 7) is -0.555. The van der Waals surface area contributed by atoms with Gasteiger partial charge in [0.25, 0.3) is 12.4 Å². The van der Waals surface area contributed by atoms with Gasteiger partial charge >= 0.3 is 12.4 Å². The van der Waals surface area contributed by atoms with Crippen LogP contribution in [0.4, 0.5) is 36.4 Å². The number of hydrogen-bond donors (Lipinski definition) is 4. The number of carbonyl (C=O) groups is 3. The molecule has 1 saturated heterocycles. The molecule has 0 radical (unpaired) electrons. The highest BCUT2D eigenvalue weighted by molar-refractivity contribution is 6.00. The molecule has 0 spiro atoms. The van der Waals surface area contributed by atoms with Gasteiger partial charge < -0.3 is 25.7 Å². The number of aliphatic hydroxyl groups is 1. The zero-order chi connectivity index (χ0) is 34.1. The number of alkyl halides is 6. The number of rotatable bonds is 10. The van der Waals surface area contributed by atoms with Crippen molar-refractivity contribution in [3.8, 4) is 0 Å². The normalized spacial score (nSPS) is 14.7. The van der Waals surface area contributed by atoms with Crippen molar-refractivity contribution < 1.29 is 55.3 Å². The van der Waals surface area contributed by atoms with Gasteiger partial charge in [-0.15, -0.1) is 0 Å². The van der Waals surface area contributed by atoms with Crippen LogP contribution >= 0.6 is 0 Å². The number of halogens is 7. The van der Waals surface area contributed by atoms with E-state index in [1.165, 1.54) is 12.1 Å². The molecule has 15 heteroatoms. The fourth-order valence-electron chi connectivity index (χ4n) is 4.80. The Morgan fingerprint density at radius 1 is 0.935 bits per heavy atom. The summed E-state index contributed by atoms with van der Waals surface area (Å²) in [5.74, 6) is -3.13. The summed E-state index contributed by atoms with van der Waals surface area (Å²) in [6, 6.07) is 12.7. The summed E-state index contributed by atoms with van der Waals surface area (Å²) in [5.41, 5.74) is -2.87. The van der Waals surface area contributed by atoms with E-state index in [4.69, 9.17) is 9.90 Å². The SMILES string of the molecule is O=C(NC(Cc1ccccc1)C(O)CNCc1cccc(C(F)(F)F)c1)c1cc(C(F)(F)F)cc(N2CCCC2=O)c1F.O=CO. The molecule has 2 unspecified atom stereocenters. The Labute approximate surface area is 258 Å². The molecule has 2 amide bonds. The molecule has 3 aromatic carbocycles. The highest BCUT2D eigenvalue weighted by Gasteiger charge is 2.36. The first-order valence-electron chi connectivity index (χ1n) is 13.8. The molecule has 1 heterocycles. The number of aliphatic hydroxyl groups excluding tert-OH is 1. The van der Waals surface area contributed by atoms with E-state index in [0.717, 1.165) is 17.0 Å². The van der Waals surface area contributed by atoms with Crippen molar-refractivity contribution in [2.45, 2.75) is 50.3 Å². The molecule has 2 atom stereocenters. The maximum atomic E-state index is 15.5. The topological polar surface area (TPSA) is 119 Å². The molecule has 4 N–H and O–H groups in total. The van der Waals surface area contributed by atoms with E-state index in [-0.39, 0.29) is 44.5 Å². The van der Waals surface area contributed by atoms with Crippen LogP contribution in [0, 0.1) is 5.82 Å². The van der Waals surface area contributed by atoms with E-state index in [0.29, 0.717) is 24.1 Å². The summed E-state index contributed by atoms with van der Waals surface area (Å²) in [7, 11) is 0. The molecule has 0 aliphatic carbocycles. The molecule has 1 aliphatic rings. The molecule has 1 fully saturated rings. The third-order valence-corrected chi connectivity index (χ3v) is 7.01. The van der Waals surface area contributed by atoms with Crippen molar-refractivity contribution in [3.05, 3.63) is 100 Å². The number of nitrogens with one attached hydrogen (secondary N) is 2. The van der Waals surface area contributed by atoms with Gasteiger partial charge in [0.05, 0.1) is 34.5 Å². The number of anilines is 1. The van der Waals surface area contributed by atoms with E-state index in [9.17, 15) is 41.0 Å². The Kier molecular flexibility index (Phi) is 12.3. The van der Waals surface area contributed by atoms with Gasteiger partial charge in [0.1, 0.15) is 0 Å². The second kappa shape index (κ2) is 15.7. The van der Waals surface area contributed by atoms with E-state index in [2.05, 4.69) is 10.6 Å². The van der Waals surface area contributed by atoms with Crippen LogP contribution in [0.2, 0.25) is 0 Å². The number of benzene rings is 3. The van der Waals surface area contributed by atoms with Gasteiger partial charge in [0.2, 0.25) is 5.91 Å². The molecule has 8 nitrogen and oxygen atoms in total. The van der Waals surface area contributed by atoms with Gasteiger partial charge in [0.15, 0.2) is 5.82 Å². The number of hydrogen-bond acceptors (Lipinski definition) is 5. The highest BCUT2D eigenvalue weighted by atomic mass is 19.4. The molecular formula is C31H30F7N3O5. The Morgan fingerprint density at radius 3 is 2.15 bits per heavy atom. The summed E-state index contributed by atoms with van der Waals surface area (Å²) >= 11 is 0. The van der Waals surface area contributed by atoms with Gasteiger partial charge in [-0.25, -0.2) is 4.39 Å². The van der Waals surface area contributed by atoms with Crippen LogP contribution in [0.25, 0.3) is 0 Å². The fraction of sp³-hybridized carbons (Fsp3) is 0.323. The molecule has 1 aliphatic heterocycles. The van der Waals surface area contributed by atoms with Crippen molar-refractivity contribution in [2.24, 2.45) is 0 Å². The highest BCUT2D eigenvalue weighted by Crippen LogP contribution is 2.36. The number of carbonyl (C=O) groups excluding carboxylic acids is 2. The van der Waals surface area contributed by atoms with Crippen LogP contribution in [0.3, 0.4) is 0 Å². The van der Waals surface area contributed by atoms with Crippen molar-refractivity contribution in [1.29, 1.82) is 0 Å². The first-order valence-corrected chi connectivity index (χ1v) is 13.8. The number of nitrogens with zero attached hydrogens (tertiary/aromatic N) is 1. The summed E-state index contributed by atoms with van der Waals surface area (Å²) in [4.78, 5) is 34.7. The van der Waals surface area contributed by atoms with E-state index < -0.39 is 64.5 Å². The monoisotopic (exact) mass is 657 g/mol. The Balaban J connectivity index is 0.00000185. The van der Waals surface area contributed by atoms with Crippen LogP contribution in [0.15, 0.2) is 66.7 Å². The van der Waals surface area contributed by atoms with E-state index in [1.54, 1.807) is 30.3 Å². The van der Waals surface area contributed by atoms with Crippen LogP contribution in [-0.2, 0) is 34.9 Å². The third-order valence-electron chi connectivity index (χ3n) is 7.01. The predicted octanol–water partition coefficient (Wildman–Crippen LogP) is 5.18. The zero-order valence-electron chi connectivity index (χ0n) is 24.0. The Morgan fingerprint density at radius 2 is 1.57 bits per heavy atom. The molecule has 3 aromatic rings. The van der Waals surface area contributed by atoms with Gasteiger partial charge in [-0.05, 0) is 42.2 Å². The maximum absolute atomic E-state index is 15.5. The molecule has 0 saturated carbocycles. The van der Waals surface area contributed by atoms with Gasteiger partial charge in [0, 0.05) is 26.1 Å². The molecular weight excluding hydrogens is 627 g/mol. The molecule has 46 heavy (non-hydrogen) atoms. The van der Waals surface area contributed by atoms with Gasteiger partial charge in [-0.2, -0.15) is 26.3 Å². The minimum atomic E-state index is -4.95. The minimum absolute atomic E-state index is 0.00294. The molecule has 0 bridgehead atoms. The number of carboxylic acid groups (broad SMARTS) is 1. The molecule has 248 valence electrons. The van der Waals surface area contributed by atoms with Crippen LogP contribution in [0.5, 0.6) is 0 Å². The summed E-state index contributed by atoms with van der Waals surface area (Å²) < 4.78 is 95.7. The van der Waals surface area contributed by atoms with E-state index in [1.807, 2.05) is 0 Å². The van der Waals surface area contributed by atoms with Crippen LogP contribution in [0.1, 0.15) is 45.5 Å². The Bertz CT molecular complexity index is 1500. The number of amides is 2. The van der Waals surface area contributed by atoms with Crippen molar-refractivity contribution >= 4 is 24.0 Å². The van der Waals surface area contributed by atoms with E-state index >= 15 is 4.39 Å². The van der Waals surface area contributed by atoms with Crippen LogP contribution in [-0.4, -0.2) is 53.7 Å². The minimum Gasteiger partial charge on any atom is -0.483 e. The maximum Gasteiger partial charge on any atom is 0.416 e. The lowest BCUT2D eigenvalue weighted by Crippen LogP contribution is -2.49. The standard InChI is InChI=1S/C30H28F7N3O3.CH2O2/c31-27-22(14-21(30(35,36)37)15-24(27)40-11-5-10-26(40)42)28(43)39-23(13-18-6-2-1-3-7-18)25(41)17-38-16-19-8-4-9-20(12-19)29(32,33)34;2-1-3/h1-4,6-9,12,14-15,23,25,38,41H,5,10-11,13,16-17H2,(H,39,43);1H,(H,2,3). The first-order chi connectivity index (χ1) is 21.6. The van der Waals surface area contributed by atoms with Crippen molar-refractivity contribution in [1.82, 2.24) is 10.6 Å². The Hall–Kier alpha value is -4.50. The second-order valence-electron chi connectivity index (χ2n) is 10.3. The summed E-state index contributed by atoms with van der Waals surface area (Å²) in [5, 5.41) is 23.1. The lowest BCUT2D eigenvalue weighted by molar-refractivity contribution is -0.138. The van der Waals surface area contributed by atoms with Crippen molar-refractivity contribution in [2.75, 3.05) is 18.0 Å². The third kappa shape index (κ3) is 9.75. The summed E-state index contributed by atoms with van der Waals surface area (Å²) in [6.07, 6.45) is -10.5. The average molecular weight is 658 g/mol. The largest absolute Gasteiger partial charge is 0.483 e. The molecule has 4 rings (SSSR count). The van der Waals surface area contributed by atoms with Crippen molar-refractivity contribution in [3.63, 3.8) is 0 Å². The molecule has 0 aromatic heterocycles. The predicted molar refractivity (Wildman–Crippen MR) is 152 cm³/mol. The lowest BCUT2D eigenvalue weighted by Gasteiger charge is -2.26. The van der Waals surface area contributed by atoms with Crippen LogP contribution < -0.4 is 15.5 Å². The van der Waals surface area contributed by atoms with Gasteiger partial charge in [-0.1, -0.05) is 48.5 Å². The first kappa shape index (κ1) is 36.0. The smallest absolute Gasteiger partial charge is 0.416 e. The average Bonchev–Trinajstić information content (AvgIpc) is 3.42. The zero-order valence-corrected chi connectivity index (χ0v) is 24.0. The van der Waals surface area contributed by atoms with Gasteiger partial charge in [-0.3, -0.25) is 14.4 Å².